The van der Waals surface area contributed by atoms with Crippen LogP contribution in [0.5, 0.6) is 11.5 Å². The first-order valence-electron chi connectivity index (χ1n) is 4.48. The molecule has 1 aliphatic heterocycles. The average molecular weight is 255 g/mol. The van der Waals surface area contributed by atoms with Crippen molar-refractivity contribution in [3.05, 3.63) is 29.8 Å². The number of fused-ring (bicyclic) bond motifs is 1. The normalized spacial score (nSPS) is 14.9. The van der Waals surface area contributed by atoms with E-state index in [1.54, 1.807) is 7.11 Å². The van der Waals surface area contributed by atoms with Crippen molar-refractivity contribution in [2.24, 2.45) is 0 Å². The molecule has 0 aromatic heterocycles. The standard InChI is InChI=1S/C11H11BrO2/c1-13-8-4-5-9-10(12)3-2-6-14-11(9)7-8/h3-5,7H,2,6H2,1H3. The Morgan fingerprint density at radius 3 is 3.07 bits per heavy atom. The fourth-order valence-corrected chi connectivity index (χ4v) is 1.97. The van der Waals surface area contributed by atoms with Gasteiger partial charge in [0.05, 0.1) is 13.7 Å². The van der Waals surface area contributed by atoms with E-state index in [-0.39, 0.29) is 0 Å². The average Bonchev–Trinajstić information content (AvgIpc) is 2.40. The van der Waals surface area contributed by atoms with Crippen LogP contribution in [0.1, 0.15) is 12.0 Å². The highest BCUT2D eigenvalue weighted by molar-refractivity contribution is 9.15. The van der Waals surface area contributed by atoms with Crippen LogP contribution in [0.2, 0.25) is 0 Å². The molecule has 2 rings (SSSR count). The van der Waals surface area contributed by atoms with Crippen molar-refractivity contribution >= 4 is 20.4 Å². The second kappa shape index (κ2) is 4.05. The minimum atomic E-state index is 0.718. The van der Waals surface area contributed by atoms with E-state index in [9.17, 15) is 0 Å². The van der Waals surface area contributed by atoms with E-state index in [1.807, 2.05) is 18.2 Å². The molecule has 0 radical (unpaired) electrons. The molecular weight excluding hydrogens is 244 g/mol. The topological polar surface area (TPSA) is 18.5 Å². The third-order valence-electron chi connectivity index (χ3n) is 2.15. The molecule has 0 saturated heterocycles. The highest BCUT2D eigenvalue weighted by Crippen LogP contribution is 2.35. The fraction of sp³-hybridized carbons (Fsp3) is 0.273. The third-order valence-corrected chi connectivity index (χ3v) is 2.90. The summed E-state index contributed by atoms with van der Waals surface area (Å²) < 4.78 is 11.8. The maximum absolute atomic E-state index is 5.60. The van der Waals surface area contributed by atoms with E-state index in [0.29, 0.717) is 0 Å². The van der Waals surface area contributed by atoms with Crippen molar-refractivity contribution in [1.82, 2.24) is 0 Å². The van der Waals surface area contributed by atoms with Crippen molar-refractivity contribution in [2.45, 2.75) is 6.42 Å². The van der Waals surface area contributed by atoms with Gasteiger partial charge in [0.2, 0.25) is 0 Å². The summed E-state index contributed by atoms with van der Waals surface area (Å²) in [5.41, 5.74) is 1.09. The summed E-state index contributed by atoms with van der Waals surface area (Å²) >= 11 is 3.52. The van der Waals surface area contributed by atoms with E-state index in [0.717, 1.165) is 34.6 Å². The molecule has 1 aliphatic rings. The van der Waals surface area contributed by atoms with Crippen molar-refractivity contribution in [1.29, 1.82) is 0 Å². The van der Waals surface area contributed by atoms with Crippen LogP contribution in [-0.4, -0.2) is 13.7 Å². The minimum absolute atomic E-state index is 0.718. The van der Waals surface area contributed by atoms with Gasteiger partial charge in [0.1, 0.15) is 11.5 Å². The highest BCUT2D eigenvalue weighted by Gasteiger charge is 2.11. The second-order valence-electron chi connectivity index (χ2n) is 3.05. The quantitative estimate of drug-likeness (QED) is 0.767. The largest absolute Gasteiger partial charge is 0.497 e. The molecule has 1 aromatic rings. The second-order valence-corrected chi connectivity index (χ2v) is 3.91. The van der Waals surface area contributed by atoms with E-state index in [1.165, 1.54) is 0 Å². The van der Waals surface area contributed by atoms with Crippen LogP contribution in [0.3, 0.4) is 0 Å². The SMILES string of the molecule is COc1ccc2c(c1)OCCC=C2Br. The smallest absolute Gasteiger partial charge is 0.131 e. The molecule has 14 heavy (non-hydrogen) atoms. The highest BCUT2D eigenvalue weighted by atomic mass is 79.9. The van der Waals surface area contributed by atoms with Gasteiger partial charge in [-0.3, -0.25) is 0 Å². The Kier molecular flexibility index (Phi) is 2.77. The third kappa shape index (κ3) is 1.77. The van der Waals surface area contributed by atoms with Crippen molar-refractivity contribution in [2.75, 3.05) is 13.7 Å². The van der Waals surface area contributed by atoms with Crippen LogP contribution in [0, 0.1) is 0 Å². The van der Waals surface area contributed by atoms with Gasteiger partial charge in [0.25, 0.3) is 0 Å². The van der Waals surface area contributed by atoms with Gasteiger partial charge in [-0.25, -0.2) is 0 Å². The van der Waals surface area contributed by atoms with Crippen molar-refractivity contribution in [3.8, 4) is 11.5 Å². The van der Waals surface area contributed by atoms with Gasteiger partial charge < -0.3 is 9.47 Å². The predicted octanol–water partition coefficient (Wildman–Crippen LogP) is 3.21. The number of hydrogen-bond donors (Lipinski definition) is 0. The molecule has 3 heteroatoms. The van der Waals surface area contributed by atoms with Gasteiger partial charge in [-0.15, -0.1) is 0 Å². The first-order chi connectivity index (χ1) is 6.81. The van der Waals surface area contributed by atoms with Crippen LogP contribution in [0.4, 0.5) is 0 Å². The van der Waals surface area contributed by atoms with E-state index >= 15 is 0 Å². The fourth-order valence-electron chi connectivity index (χ4n) is 1.41. The Morgan fingerprint density at radius 2 is 2.29 bits per heavy atom. The Morgan fingerprint density at radius 1 is 1.43 bits per heavy atom. The molecule has 0 atom stereocenters. The van der Waals surface area contributed by atoms with Gasteiger partial charge in [0.15, 0.2) is 0 Å². The maximum atomic E-state index is 5.60. The molecule has 0 spiro atoms. The van der Waals surface area contributed by atoms with Gasteiger partial charge in [-0.05, 0) is 12.1 Å². The molecule has 0 unspecified atom stereocenters. The molecular formula is C11H11BrO2. The van der Waals surface area contributed by atoms with E-state index in [2.05, 4.69) is 22.0 Å². The number of hydrogen-bond acceptors (Lipinski definition) is 2. The summed E-state index contributed by atoms with van der Waals surface area (Å²) in [6.07, 6.45) is 3.05. The molecule has 0 aliphatic carbocycles. The van der Waals surface area contributed by atoms with Crippen LogP contribution >= 0.6 is 15.9 Å². The molecule has 2 nitrogen and oxygen atoms in total. The summed E-state index contributed by atoms with van der Waals surface area (Å²) in [7, 11) is 1.66. The number of benzene rings is 1. The number of halogens is 1. The molecule has 0 saturated carbocycles. The Balaban J connectivity index is 2.46. The molecule has 1 heterocycles. The van der Waals surface area contributed by atoms with Crippen LogP contribution in [0.15, 0.2) is 24.3 Å². The Bertz CT molecular complexity index is 372. The van der Waals surface area contributed by atoms with Gasteiger partial charge in [-0.1, -0.05) is 22.0 Å². The number of ether oxygens (including phenoxy) is 2. The van der Waals surface area contributed by atoms with Crippen LogP contribution in [0.25, 0.3) is 4.48 Å². The zero-order chi connectivity index (χ0) is 9.97. The minimum Gasteiger partial charge on any atom is -0.497 e. The van der Waals surface area contributed by atoms with Gasteiger partial charge >= 0.3 is 0 Å². The van der Waals surface area contributed by atoms with Crippen LogP contribution in [-0.2, 0) is 0 Å². The zero-order valence-corrected chi connectivity index (χ0v) is 9.50. The Labute approximate surface area is 91.7 Å². The lowest BCUT2D eigenvalue weighted by atomic mass is 10.2. The maximum Gasteiger partial charge on any atom is 0.131 e. The number of methoxy groups -OCH3 is 1. The number of rotatable bonds is 1. The summed E-state index contributed by atoms with van der Waals surface area (Å²) in [4.78, 5) is 0. The lowest BCUT2D eigenvalue weighted by Crippen LogP contribution is -1.95. The van der Waals surface area contributed by atoms with Gasteiger partial charge in [-0.2, -0.15) is 0 Å². The predicted molar refractivity (Wildman–Crippen MR) is 60.0 cm³/mol. The molecule has 74 valence electrons. The first kappa shape index (κ1) is 9.59. The zero-order valence-electron chi connectivity index (χ0n) is 7.92. The monoisotopic (exact) mass is 254 g/mol. The Hall–Kier alpha value is -0.960. The summed E-state index contributed by atoms with van der Waals surface area (Å²) in [5, 5.41) is 0. The molecule has 1 aromatic carbocycles. The first-order valence-corrected chi connectivity index (χ1v) is 5.27. The van der Waals surface area contributed by atoms with Crippen molar-refractivity contribution in [3.63, 3.8) is 0 Å². The summed E-state index contributed by atoms with van der Waals surface area (Å²) in [6.45, 7) is 0.718. The van der Waals surface area contributed by atoms with Crippen molar-refractivity contribution < 1.29 is 9.47 Å². The lowest BCUT2D eigenvalue weighted by molar-refractivity contribution is 0.323. The molecule has 0 N–H and O–H groups in total. The van der Waals surface area contributed by atoms with E-state index in [4.69, 9.17) is 9.47 Å². The molecule has 0 amide bonds. The summed E-state index contributed by atoms with van der Waals surface area (Å²) in [5.74, 6) is 1.70. The van der Waals surface area contributed by atoms with Gasteiger partial charge in [0, 0.05) is 22.5 Å². The summed E-state index contributed by atoms with van der Waals surface area (Å²) in [6, 6.07) is 5.85. The molecule has 0 bridgehead atoms. The lowest BCUT2D eigenvalue weighted by Gasteiger charge is -2.09. The molecule has 0 fully saturated rings. The van der Waals surface area contributed by atoms with Crippen LogP contribution < -0.4 is 9.47 Å². The van der Waals surface area contributed by atoms with E-state index < -0.39 is 0 Å².